The van der Waals surface area contributed by atoms with Crippen LogP contribution in [0, 0.1) is 0 Å². The highest BCUT2D eigenvalue weighted by Gasteiger charge is 2.31. The summed E-state index contributed by atoms with van der Waals surface area (Å²) in [4.78, 5) is 10.8. The molecule has 0 spiro atoms. The van der Waals surface area contributed by atoms with Gasteiger partial charge in [0.05, 0.1) is 0 Å². The van der Waals surface area contributed by atoms with Crippen LogP contribution in [-0.4, -0.2) is 24.5 Å². The molecule has 0 unspecified atom stereocenters. The highest BCUT2D eigenvalue weighted by atomic mass is 16.1. The van der Waals surface area contributed by atoms with Crippen LogP contribution < -0.4 is 10.6 Å². The van der Waals surface area contributed by atoms with Crippen molar-refractivity contribution >= 4 is 5.91 Å². The van der Waals surface area contributed by atoms with Crippen molar-refractivity contribution in [2.45, 2.75) is 24.9 Å². The number of nitrogens with one attached hydrogen (secondary N) is 2. The molecule has 2 rings (SSSR count). The number of piperidine rings is 1. The van der Waals surface area contributed by atoms with Crippen LogP contribution in [0.2, 0.25) is 0 Å². The van der Waals surface area contributed by atoms with Crippen LogP contribution in [0.1, 0.15) is 12.8 Å². The van der Waals surface area contributed by atoms with Crippen molar-refractivity contribution in [2.75, 3.05) is 6.54 Å². The van der Waals surface area contributed by atoms with Gasteiger partial charge in [-0.3, -0.25) is 4.79 Å². The summed E-state index contributed by atoms with van der Waals surface area (Å²) in [6.45, 7) is 0.969. The molecule has 9 heavy (non-hydrogen) atoms. The van der Waals surface area contributed by atoms with Crippen LogP contribution in [0.4, 0.5) is 0 Å². The lowest BCUT2D eigenvalue weighted by Gasteiger charge is -2.17. The third kappa shape index (κ3) is 0.812. The Balaban J connectivity index is 2.11. The van der Waals surface area contributed by atoms with Crippen LogP contribution in [0.25, 0.3) is 0 Å². The molecule has 0 aromatic heterocycles. The van der Waals surface area contributed by atoms with E-state index in [1.165, 1.54) is 0 Å². The summed E-state index contributed by atoms with van der Waals surface area (Å²) in [6, 6.07) is 0.903. The number of fused-ring (bicyclic) bond motifs is 2. The molecule has 2 aliphatic heterocycles. The van der Waals surface area contributed by atoms with Crippen molar-refractivity contribution in [3.63, 3.8) is 0 Å². The van der Waals surface area contributed by atoms with E-state index in [2.05, 4.69) is 10.6 Å². The Morgan fingerprint density at radius 1 is 1.44 bits per heavy atom. The highest BCUT2D eigenvalue weighted by molar-refractivity contribution is 5.78. The predicted molar refractivity (Wildman–Crippen MR) is 33.0 cm³/mol. The molecule has 2 saturated heterocycles. The smallest absolute Gasteiger partial charge is 0.221 e. The molecule has 0 aromatic rings. The summed E-state index contributed by atoms with van der Waals surface area (Å²) < 4.78 is 0. The Labute approximate surface area is 53.8 Å². The quantitative estimate of drug-likeness (QED) is 0.448. The second kappa shape index (κ2) is 1.70. The van der Waals surface area contributed by atoms with E-state index in [1.807, 2.05) is 0 Å². The van der Waals surface area contributed by atoms with E-state index >= 15 is 0 Å². The second-order valence-corrected chi connectivity index (χ2v) is 2.81. The molecular formula is C6H10N2O. The van der Waals surface area contributed by atoms with Crippen molar-refractivity contribution in [1.82, 2.24) is 10.6 Å². The average Bonchev–Trinajstić information content (AvgIpc) is 2.11. The van der Waals surface area contributed by atoms with Crippen LogP contribution in [-0.2, 0) is 4.79 Å². The maximum atomic E-state index is 10.8. The van der Waals surface area contributed by atoms with Crippen molar-refractivity contribution in [2.24, 2.45) is 0 Å². The van der Waals surface area contributed by atoms with Crippen LogP contribution in [0.5, 0.6) is 0 Å². The maximum absolute atomic E-state index is 10.8. The average molecular weight is 126 g/mol. The predicted octanol–water partition coefficient (Wildman–Crippen LogP) is -0.763. The monoisotopic (exact) mass is 126 g/mol. The van der Waals surface area contributed by atoms with Gasteiger partial charge in [0, 0.05) is 25.0 Å². The summed E-state index contributed by atoms with van der Waals surface area (Å²) in [7, 11) is 0. The molecule has 2 bridgehead atoms. The van der Waals surface area contributed by atoms with E-state index in [1.54, 1.807) is 0 Å². The van der Waals surface area contributed by atoms with Crippen molar-refractivity contribution in [1.29, 1.82) is 0 Å². The molecular weight excluding hydrogens is 116 g/mol. The lowest BCUT2D eigenvalue weighted by Crippen LogP contribution is -2.39. The van der Waals surface area contributed by atoms with E-state index in [4.69, 9.17) is 0 Å². The topological polar surface area (TPSA) is 41.1 Å². The highest BCUT2D eigenvalue weighted by Crippen LogP contribution is 2.14. The fourth-order valence-corrected chi connectivity index (χ4v) is 1.59. The molecule has 0 radical (unpaired) electrons. The summed E-state index contributed by atoms with van der Waals surface area (Å²) in [5, 5.41) is 6.17. The Hall–Kier alpha value is -0.570. The van der Waals surface area contributed by atoms with Gasteiger partial charge in [-0.1, -0.05) is 0 Å². The largest absolute Gasteiger partial charge is 0.352 e. The first-order valence-corrected chi connectivity index (χ1v) is 3.37. The number of carbonyl (C=O) groups excluding carboxylic acids is 1. The molecule has 3 heteroatoms. The SMILES string of the molecule is O=C1C[C@H]2C[C@H](CN2)N1. The Kier molecular flexibility index (Phi) is 0.990. The first-order chi connectivity index (χ1) is 4.34. The molecule has 2 aliphatic rings. The lowest BCUT2D eigenvalue weighted by molar-refractivity contribution is -0.122. The maximum Gasteiger partial charge on any atom is 0.221 e. The minimum absolute atomic E-state index is 0.209. The standard InChI is InChI=1S/C6H10N2O/c9-6-2-4-1-5(8-6)3-7-4/h4-5,7H,1-3H2,(H,8,9)/t4-,5-/m1/s1. The molecule has 3 nitrogen and oxygen atoms in total. The Morgan fingerprint density at radius 2 is 2.33 bits per heavy atom. The minimum Gasteiger partial charge on any atom is -0.352 e. The Bertz CT molecular complexity index is 132. The Morgan fingerprint density at radius 3 is 3.11 bits per heavy atom. The van der Waals surface area contributed by atoms with Crippen molar-refractivity contribution < 1.29 is 4.79 Å². The summed E-state index contributed by atoms with van der Waals surface area (Å²) >= 11 is 0. The van der Waals surface area contributed by atoms with E-state index < -0.39 is 0 Å². The third-order valence-corrected chi connectivity index (χ3v) is 2.02. The van der Waals surface area contributed by atoms with E-state index in [-0.39, 0.29) is 5.91 Å². The number of hydrogen-bond acceptors (Lipinski definition) is 2. The molecule has 2 N–H and O–H groups in total. The van der Waals surface area contributed by atoms with E-state index in [0.717, 1.165) is 13.0 Å². The molecule has 2 heterocycles. The molecule has 1 amide bonds. The number of rotatable bonds is 0. The number of amides is 1. The van der Waals surface area contributed by atoms with Crippen molar-refractivity contribution in [3.8, 4) is 0 Å². The summed E-state index contributed by atoms with van der Waals surface area (Å²) in [6.07, 6.45) is 1.81. The molecule has 50 valence electrons. The summed E-state index contributed by atoms with van der Waals surface area (Å²) in [5.74, 6) is 0.209. The van der Waals surface area contributed by atoms with Gasteiger partial charge in [0.15, 0.2) is 0 Å². The second-order valence-electron chi connectivity index (χ2n) is 2.81. The van der Waals surface area contributed by atoms with Gasteiger partial charge in [-0.15, -0.1) is 0 Å². The van der Waals surface area contributed by atoms with E-state index in [9.17, 15) is 4.79 Å². The zero-order valence-electron chi connectivity index (χ0n) is 5.18. The van der Waals surface area contributed by atoms with Gasteiger partial charge in [-0.05, 0) is 6.42 Å². The molecule has 2 fully saturated rings. The molecule has 2 atom stereocenters. The number of hydrogen-bond donors (Lipinski definition) is 2. The number of carbonyl (C=O) groups is 1. The van der Waals surface area contributed by atoms with Gasteiger partial charge in [0.25, 0.3) is 0 Å². The first-order valence-electron chi connectivity index (χ1n) is 3.37. The fraction of sp³-hybridized carbons (Fsp3) is 0.833. The van der Waals surface area contributed by atoms with Crippen LogP contribution in [0.15, 0.2) is 0 Å². The van der Waals surface area contributed by atoms with Gasteiger partial charge in [-0.2, -0.15) is 0 Å². The molecule has 0 aromatic carbocycles. The normalized spacial score (nSPS) is 40.7. The van der Waals surface area contributed by atoms with E-state index in [0.29, 0.717) is 18.5 Å². The van der Waals surface area contributed by atoms with Gasteiger partial charge in [-0.25, -0.2) is 0 Å². The molecule has 0 aliphatic carbocycles. The zero-order chi connectivity index (χ0) is 6.27. The third-order valence-electron chi connectivity index (χ3n) is 2.02. The van der Waals surface area contributed by atoms with Crippen LogP contribution >= 0.6 is 0 Å². The fourth-order valence-electron chi connectivity index (χ4n) is 1.59. The van der Waals surface area contributed by atoms with Crippen LogP contribution in [0.3, 0.4) is 0 Å². The van der Waals surface area contributed by atoms with Gasteiger partial charge in [0.2, 0.25) is 5.91 Å². The van der Waals surface area contributed by atoms with Crippen molar-refractivity contribution in [3.05, 3.63) is 0 Å². The minimum atomic E-state index is 0.209. The lowest BCUT2D eigenvalue weighted by atomic mass is 10.1. The first kappa shape index (κ1) is 5.23. The van der Waals surface area contributed by atoms with Gasteiger partial charge >= 0.3 is 0 Å². The zero-order valence-corrected chi connectivity index (χ0v) is 5.18. The summed E-state index contributed by atoms with van der Waals surface area (Å²) in [5.41, 5.74) is 0. The van der Waals surface area contributed by atoms with Gasteiger partial charge in [0.1, 0.15) is 0 Å². The van der Waals surface area contributed by atoms with Gasteiger partial charge < -0.3 is 10.6 Å². The molecule has 0 saturated carbocycles.